The maximum Gasteiger partial charge on any atom is 0.346 e. The molecule has 0 aliphatic rings. The van der Waals surface area contributed by atoms with E-state index < -0.39 is 17.3 Å². The molecule has 1 aromatic carbocycles. The minimum absolute atomic E-state index is 0.472. The van der Waals surface area contributed by atoms with Crippen molar-refractivity contribution >= 4 is 30.2 Å². The number of hydrogen-bond acceptors (Lipinski definition) is 3. The zero-order chi connectivity index (χ0) is 12.3. The standard InChI is InChI=1S/C11H12ClO3S/c1-6-5-8(12)3-4-9(6)15-10(7(2)16)11(13)14/h3-5,7,10,16H,2H2,1H3,(H,13,14). The van der Waals surface area contributed by atoms with Gasteiger partial charge in [-0.2, -0.15) is 12.6 Å². The van der Waals surface area contributed by atoms with Crippen LogP contribution in [0.2, 0.25) is 5.02 Å². The summed E-state index contributed by atoms with van der Waals surface area (Å²) < 4.78 is 5.33. The van der Waals surface area contributed by atoms with E-state index in [1.54, 1.807) is 25.1 Å². The highest BCUT2D eigenvalue weighted by Crippen LogP contribution is 2.24. The third kappa shape index (κ3) is 3.32. The molecule has 0 heterocycles. The van der Waals surface area contributed by atoms with Gasteiger partial charge in [-0.25, -0.2) is 4.79 Å². The van der Waals surface area contributed by atoms with E-state index in [1.807, 2.05) is 0 Å². The summed E-state index contributed by atoms with van der Waals surface area (Å²) in [6, 6.07) is 4.97. The first-order valence-corrected chi connectivity index (χ1v) is 5.48. The largest absolute Gasteiger partial charge is 0.478 e. The van der Waals surface area contributed by atoms with Gasteiger partial charge in [0.2, 0.25) is 6.10 Å². The molecule has 0 aliphatic carbocycles. The van der Waals surface area contributed by atoms with Crippen LogP contribution < -0.4 is 4.74 Å². The van der Waals surface area contributed by atoms with Gasteiger partial charge >= 0.3 is 5.97 Å². The summed E-state index contributed by atoms with van der Waals surface area (Å²) in [5.41, 5.74) is 0.771. The molecule has 1 aromatic rings. The monoisotopic (exact) mass is 259 g/mol. The van der Waals surface area contributed by atoms with Gasteiger partial charge in [0.1, 0.15) is 5.75 Å². The summed E-state index contributed by atoms with van der Waals surface area (Å²) in [5.74, 6) is -0.621. The lowest BCUT2D eigenvalue weighted by Gasteiger charge is -2.19. The Morgan fingerprint density at radius 1 is 1.62 bits per heavy atom. The third-order valence-electron chi connectivity index (χ3n) is 1.98. The highest BCUT2D eigenvalue weighted by atomic mass is 35.5. The molecule has 3 nitrogen and oxygen atoms in total. The van der Waals surface area contributed by atoms with E-state index in [1.165, 1.54) is 0 Å². The van der Waals surface area contributed by atoms with Crippen LogP contribution >= 0.6 is 24.2 Å². The molecule has 0 amide bonds. The van der Waals surface area contributed by atoms with E-state index in [4.69, 9.17) is 21.4 Å². The fraction of sp³-hybridized carbons (Fsp3) is 0.273. The third-order valence-corrected chi connectivity index (χ3v) is 2.49. The Morgan fingerprint density at radius 2 is 2.25 bits per heavy atom. The zero-order valence-electron chi connectivity index (χ0n) is 8.68. The van der Waals surface area contributed by atoms with Crippen LogP contribution in [0.3, 0.4) is 0 Å². The van der Waals surface area contributed by atoms with Crippen molar-refractivity contribution in [2.24, 2.45) is 0 Å². The van der Waals surface area contributed by atoms with Crippen LogP contribution in [0, 0.1) is 13.8 Å². The number of carboxylic acid groups (broad SMARTS) is 1. The van der Waals surface area contributed by atoms with E-state index in [0.29, 0.717) is 10.8 Å². The van der Waals surface area contributed by atoms with Crippen LogP contribution in [0.5, 0.6) is 5.75 Å². The zero-order valence-corrected chi connectivity index (χ0v) is 10.3. The molecule has 1 rings (SSSR count). The Hall–Kier alpha value is -0.870. The average Bonchev–Trinajstić information content (AvgIpc) is 2.15. The van der Waals surface area contributed by atoms with Crippen LogP contribution in [-0.4, -0.2) is 22.4 Å². The Kier molecular flexibility index (Phi) is 4.50. The lowest BCUT2D eigenvalue weighted by atomic mass is 10.2. The second-order valence-electron chi connectivity index (χ2n) is 3.35. The van der Waals surface area contributed by atoms with Crippen molar-refractivity contribution in [1.82, 2.24) is 0 Å². The predicted octanol–water partition coefficient (Wildman–Crippen LogP) is 2.61. The van der Waals surface area contributed by atoms with Crippen LogP contribution in [0.15, 0.2) is 18.2 Å². The molecule has 1 radical (unpaired) electrons. The molecule has 0 aliphatic heterocycles. The Bertz CT molecular complexity index is 393. The number of ether oxygens (including phenoxy) is 1. The lowest BCUT2D eigenvalue weighted by molar-refractivity contribution is -0.144. The minimum atomic E-state index is -1.09. The van der Waals surface area contributed by atoms with Crippen molar-refractivity contribution in [1.29, 1.82) is 0 Å². The van der Waals surface area contributed by atoms with E-state index in [2.05, 4.69) is 19.6 Å². The molecule has 87 valence electrons. The second-order valence-corrected chi connectivity index (χ2v) is 4.45. The Morgan fingerprint density at radius 3 is 2.69 bits per heavy atom. The Labute approximate surface area is 105 Å². The second kappa shape index (κ2) is 5.46. The molecule has 16 heavy (non-hydrogen) atoms. The summed E-state index contributed by atoms with van der Waals surface area (Å²) in [7, 11) is 0. The molecule has 0 bridgehead atoms. The minimum Gasteiger partial charge on any atom is -0.478 e. The van der Waals surface area contributed by atoms with Crippen molar-refractivity contribution < 1.29 is 14.6 Å². The number of halogens is 1. The fourth-order valence-corrected chi connectivity index (χ4v) is 1.59. The Balaban J connectivity index is 2.90. The SMILES string of the molecule is [CH2]C(S)C(Oc1ccc(Cl)cc1C)C(=O)O. The first kappa shape index (κ1) is 13.2. The molecule has 0 spiro atoms. The van der Waals surface area contributed by atoms with Gasteiger partial charge in [0, 0.05) is 10.3 Å². The van der Waals surface area contributed by atoms with Crippen LogP contribution in [0.25, 0.3) is 0 Å². The van der Waals surface area contributed by atoms with Crippen molar-refractivity contribution in [3.8, 4) is 5.75 Å². The molecule has 2 unspecified atom stereocenters. The number of thiol groups is 1. The molecule has 0 saturated carbocycles. The number of benzene rings is 1. The van der Waals surface area contributed by atoms with Gasteiger partial charge in [0.15, 0.2) is 0 Å². The number of hydrogen-bond donors (Lipinski definition) is 2. The van der Waals surface area contributed by atoms with Crippen LogP contribution in [0.4, 0.5) is 0 Å². The van der Waals surface area contributed by atoms with Gasteiger partial charge in [-0.05, 0) is 37.6 Å². The van der Waals surface area contributed by atoms with E-state index in [-0.39, 0.29) is 0 Å². The quantitative estimate of drug-likeness (QED) is 0.817. The van der Waals surface area contributed by atoms with Crippen molar-refractivity contribution in [3.05, 3.63) is 35.7 Å². The average molecular weight is 260 g/mol. The molecule has 1 N–H and O–H groups in total. The smallest absolute Gasteiger partial charge is 0.346 e. The van der Waals surface area contributed by atoms with Crippen molar-refractivity contribution in [2.45, 2.75) is 18.3 Å². The highest BCUT2D eigenvalue weighted by Gasteiger charge is 2.24. The van der Waals surface area contributed by atoms with Gasteiger partial charge in [0.25, 0.3) is 0 Å². The van der Waals surface area contributed by atoms with Crippen LogP contribution in [-0.2, 0) is 4.79 Å². The van der Waals surface area contributed by atoms with Gasteiger partial charge in [-0.3, -0.25) is 0 Å². The number of carboxylic acids is 1. The lowest BCUT2D eigenvalue weighted by Crippen LogP contribution is -2.34. The maximum atomic E-state index is 10.9. The number of carbonyl (C=O) groups is 1. The summed E-state index contributed by atoms with van der Waals surface area (Å²) in [6.45, 7) is 5.32. The van der Waals surface area contributed by atoms with E-state index in [9.17, 15) is 4.79 Å². The van der Waals surface area contributed by atoms with Crippen LogP contribution in [0.1, 0.15) is 5.56 Å². The number of aryl methyl sites for hydroxylation is 1. The molecule has 2 atom stereocenters. The first-order chi connectivity index (χ1) is 7.41. The molecule has 0 aromatic heterocycles. The molecule has 0 saturated heterocycles. The maximum absolute atomic E-state index is 10.9. The fourth-order valence-electron chi connectivity index (χ4n) is 1.18. The predicted molar refractivity (Wildman–Crippen MR) is 66.4 cm³/mol. The number of rotatable bonds is 4. The molecule has 5 heteroatoms. The number of aliphatic carboxylic acids is 1. The van der Waals surface area contributed by atoms with Gasteiger partial charge in [-0.1, -0.05) is 11.6 Å². The summed E-state index contributed by atoms with van der Waals surface area (Å²) in [4.78, 5) is 10.9. The van der Waals surface area contributed by atoms with Crippen molar-refractivity contribution in [2.75, 3.05) is 0 Å². The highest BCUT2D eigenvalue weighted by molar-refractivity contribution is 7.81. The van der Waals surface area contributed by atoms with E-state index in [0.717, 1.165) is 5.56 Å². The van der Waals surface area contributed by atoms with Gasteiger partial charge in [-0.15, -0.1) is 0 Å². The summed E-state index contributed by atoms with van der Waals surface area (Å²) in [5, 5.41) is 8.84. The van der Waals surface area contributed by atoms with Gasteiger partial charge in [0.05, 0.1) is 0 Å². The van der Waals surface area contributed by atoms with E-state index >= 15 is 0 Å². The molecular formula is C11H12ClO3S. The summed E-state index contributed by atoms with van der Waals surface area (Å²) in [6.07, 6.45) is -1.08. The normalized spacial score (nSPS) is 14.2. The first-order valence-electron chi connectivity index (χ1n) is 4.58. The molecule has 0 fully saturated rings. The summed E-state index contributed by atoms with van der Waals surface area (Å²) >= 11 is 9.75. The van der Waals surface area contributed by atoms with Crippen molar-refractivity contribution in [3.63, 3.8) is 0 Å². The topological polar surface area (TPSA) is 46.5 Å². The van der Waals surface area contributed by atoms with Gasteiger partial charge < -0.3 is 9.84 Å². The molecular weight excluding hydrogens is 248 g/mol.